The van der Waals surface area contributed by atoms with Gasteiger partial charge in [0.2, 0.25) is 0 Å². The van der Waals surface area contributed by atoms with Gasteiger partial charge in [-0.3, -0.25) is 0 Å². The van der Waals surface area contributed by atoms with E-state index in [1.807, 2.05) is 54.6 Å². The van der Waals surface area contributed by atoms with Crippen molar-refractivity contribution in [1.82, 2.24) is 0 Å². The summed E-state index contributed by atoms with van der Waals surface area (Å²) in [6.45, 7) is 4.63. The van der Waals surface area contributed by atoms with E-state index in [1.165, 1.54) is 48.5 Å². The maximum Gasteiger partial charge on any atom is 0.460 e. The lowest BCUT2D eigenvalue weighted by Crippen LogP contribution is -2.63. The van der Waals surface area contributed by atoms with Crippen LogP contribution in [0.25, 0.3) is 21.5 Å². The molecule has 0 N–H and O–H groups in total. The van der Waals surface area contributed by atoms with Gasteiger partial charge in [-0.1, -0.05) is 48.5 Å². The number of alkyl halides is 9. The highest BCUT2D eigenvalue weighted by atomic mass is 32.3. The Kier molecular flexibility index (Phi) is 14.7. The van der Waals surface area contributed by atoms with E-state index in [0.717, 1.165) is 51.4 Å². The number of hydrogen-bond acceptors (Lipinski definition) is 8. The molecule has 6 rings (SSSR count). The molecular weight excluding hydrogens is 904 g/mol. The third kappa shape index (κ3) is 9.59. The van der Waals surface area contributed by atoms with E-state index in [1.54, 1.807) is 13.8 Å². The van der Waals surface area contributed by atoms with Crippen molar-refractivity contribution in [2.24, 2.45) is 0 Å². The van der Waals surface area contributed by atoms with Crippen LogP contribution >= 0.6 is 10.3 Å². The minimum absolute atomic E-state index is 0.00217. The third-order valence-corrected chi connectivity index (χ3v) is 15.0. The summed E-state index contributed by atoms with van der Waals surface area (Å²) in [6, 6.07) is 31.9. The normalized spacial score (nSPS) is 13.3. The van der Waals surface area contributed by atoms with Crippen LogP contribution in [0.15, 0.2) is 142 Å². The molecule has 0 saturated carbocycles. The fourth-order valence-electron chi connectivity index (χ4n) is 6.54. The average Bonchev–Trinajstić information content (AvgIpc) is 3.28. The van der Waals surface area contributed by atoms with Gasteiger partial charge in [-0.05, 0) is 130 Å². The third-order valence-electron chi connectivity index (χ3n) is 9.74. The van der Waals surface area contributed by atoms with Crippen LogP contribution in [-0.4, -0.2) is 71.3 Å². The van der Waals surface area contributed by atoms with Crippen LogP contribution in [0.5, 0.6) is 17.2 Å². The van der Waals surface area contributed by atoms with Crippen LogP contribution in [0, 0.1) is 0 Å². The van der Waals surface area contributed by atoms with E-state index in [4.69, 9.17) is 27.3 Å². The zero-order valence-electron chi connectivity index (χ0n) is 34.1. The lowest BCUT2D eigenvalue weighted by Gasteiger charge is -2.41. The highest BCUT2D eigenvalue weighted by Crippen LogP contribution is 2.72. The Morgan fingerprint density at radius 2 is 0.906 bits per heavy atom. The summed E-state index contributed by atoms with van der Waals surface area (Å²) < 4.78 is 190. The first-order chi connectivity index (χ1) is 30.3. The molecule has 0 fully saturated rings. The topological polar surface area (TPSA) is 89.5 Å². The SMILES string of the molecule is CCOCCOc1ccc(S(OS(=O)(=O)C(F)(F)C(F)(F)C(F)(F)C(F)(F)F)(c2ccc(OCCOCC)cc2)c2ccc(OCc3cc4ccccc4c4ccccc34)cc2)cc1. The average molecular weight is 945 g/mol. The van der Waals surface area contributed by atoms with Crippen molar-refractivity contribution < 1.29 is 75.2 Å². The van der Waals surface area contributed by atoms with E-state index in [2.05, 4.69) is 0 Å². The first-order valence-corrected chi connectivity index (χ1v) is 22.5. The van der Waals surface area contributed by atoms with Gasteiger partial charge < -0.3 is 23.7 Å². The number of fused-ring (bicyclic) bond motifs is 3. The van der Waals surface area contributed by atoms with E-state index >= 15 is 8.78 Å². The van der Waals surface area contributed by atoms with Gasteiger partial charge in [-0.2, -0.15) is 47.9 Å². The molecule has 0 radical (unpaired) electrons. The highest BCUT2D eigenvalue weighted by Gasteiger charge is 2.86. The maximum atomic E-state index is 15.6. The second-order valence-corrected chi connectivity index (χ2v) is 18.3. The molecule has 0 aliphatic rings. The summed E-state index contributed by atoms with van der Waals surface area (Å²) in [6.07, 6.45) is -7.30. The number of benzene rings is 6. The predicted octanol–water partition coefficient (Wildman–Crippen LogP) is 12.4. The van der Waals surface area contributed by atoms with Gasteiger partial charge in [0.15, 0.2) is 0 Å². The maximum absolute atomic E-state index is 15.6. The van der Waals surface area contributed by atoms with E-state index in [-0.39, 0.29) is 65.0 Å². The van der Waals surface area contributed by atoms with Crippen LogP contribution in [0.4, 0.5) is 39.5 Å². The summed E-state index contributed by atoms with van der Waals surface area (Å²) in [5.41, 5.74) is 0.777. The van der Waals surface area contributed by atoms with Crippen molar-refractivity contribution in [2.45, 2.75) is 58.4 Å². The minimum atomic E-state index is -7.57. The molecule has 8 nitrogen and oxygen atoms in total. The van der Waals surface area contributed by atoms with Gasteiger partial charge >= 0.3 is 33.4 Å². The quantitative estimate of drug-likeness (QED) is 0.0400. The second kappa shape index (κ2) is 19.5. The predicted molar refractivity (Wildman–Crippen MR) is 222 cm³/mol. The molecule has 0 bridgehead atoms. The van der Waals surface area contributed by atoms with Crippen molar-refractivity contribution in [2.75, 3.05) is 39.6 Å². The molecule has 19 heteroatoms. The molecule has 0 amide bonds. The van der Waals surface area contributed by atoms with Crippen LogP contribution < -0.4 is 14.2 Å². The largest absolute Gasteiger partial charge is 0.491 e. The Hall–Kier alpha value is -5.21. The number of rotatable bonds is 21. The van der Waals surface area contributed by atoms with Crippen molar-refractivity contribution in [1.29, 1.82) is 0 Å². The molecule has 344 valence electrons. The molecule has 0 aromatic heterocycles. The summed E-state index contributed by atoms with van der Waals surface area (Å²) in [5, 5.41) is -3.42. The Morgan fingerprint density at radius 1 is 0.484 bits per heavy atom. The first kappa shape index (κ1) is 48.3. The van der Waals surface area contributed by atoms with Gasteiger partial charge in [0.05, 0.1) is 13.2 Å². The Balaban J connectivity index is 1.48. The van der Waals surface area contributed by atoms with Crippen LogP contribution in [0.3, 0.4) is 0 Å². The number of hydrogen-bond donors (Lipinski definition) is 0. The molecule has 0 aliphatic carbocycles. The lowest BCUT2D eigenvalue weighted by molar-refractivity contribution is -0.382. The van der Waals surface area contributed by atoms with Crippen LogP contribution in [0.2, 0.25) is 0 Å². The van der Waals surface area contributed by atoms with Crippen LogP contribution in [-0.2, 0) is 29.8 Å². The lowest BCUT2D eigenvalue weighted by atomic mass is 9.98. The first-order valence-electron chi connectivity index (χ1n) is 19.5. The molecule has 0 atom stereocenters. The summed E-state index contributed by atoms with van der Waals surface area (Å²) >= 11 is 0. The van der Waals surface area contributed by atoms with Crippen molar-refractivity contribution >= 4 is 42.0 Å². The van der Waals surface area contributed by atoms with Gasteiger partial charge in [-0.15, -0.1) is 0 Å². The molecular formula is C45H41F9O8S2. The van der Waals surface area contributed by atoms with Gasteiger partial charge in [0.25, 0.3) is 0 Å². The molecule has 0 saturated heterocycles. The summed E-state index contributed by atoms with van der Waals surface area (Å²) in [7, 11) is -11.9. The smallest absolute Gasteiger partial charge is 0.460 e. The second-order valence-electron chi connectivity index (χ2n) is 13.8. The standard InChI is InChI=1S/C45H41F9O8S2/c1-3-57-25-27-59-33-13-19-36(20-14-33)63(37-21-15-34(16-22-37)60-28-26-58-4-2,62-64(55,56)45(53,54)43(48,49)42(46,47)44(50,51)52)38-23-17-35(18-24-38)61-30-32-29-31-9-5-6-10-39(31)41-12-8-7-11-40(32)41/h5-24,29H,3-4,25-28,30H2,1-2H3. The monoisotopic (exact) mass is 944 g/mol. The number of halogens is 9. The molecule has 64 heavy (non-hydrogen) atoms. The van der Waals surface area contributed by atoms with E-state index < -0.39 is 43.7 Å². The fraction of sp³-hybridized carbons (Fsp3) is 0.289. The number of ether oxygens (including phenoxy) is 5. The van der Waals surface area contributed by atoms with Crippen molar-refractivity contribution in [3.05, 3.63) is 133 Å². The zero-order valence-corrected chi connectivity index (χ0v) is 35.7. The fourth-order valence-corrected chi connectivity index (χ4v) is 11.7. The summed E-state index contributed by atoms with van der Waals surface area (Å²) in [5.74, 6) is -14.7. The minimum Gasteiger partial charge on any atom is -0.491 e. The molecule has 6 aromatic carbocycles. The van der Waals surface area contributed by atoms with Crippen LogP contribution in [0.1, 0.15) is 19.4 Å². The van der Waals surface area contributed by atoms with Crippen molar-refractivity contribution in [3.63, 3.8) is 0 Å². The Bertz CT molecular complexity index is 2550. The van der Waals surface area contributed by atoms with E-state index in [0.29, 0.717) is 13.2 Å². The highest BCUT2D eigenvalue weighted by molar-refractivity contribution is 8.33. The molecule has 0 aliphatic heterocycles. The molecule has 0 heterocycles. The van der Waals surface area contributed by atoms with E-state index in [9.17, 15) is 39.2 Å². The Labute approximate surface area is 364 Å². The molecule has 6 aromatic rings. The summed E-state index contributed by atoms with van der Waals surface area (Å²) in [4.78, 5) is -0.927. The molecule has 0 unspecified atom stereocenters. The van der Waals surface area contributed by atoms with Gasteiger partial charge in [0.1, 0.15) is 37.1 Å². The van der Waals surface area contributed by atoms with Gasteiger partial charge in [0, 0.05) is 27.9 Å². The molecule has 0 spiro atoms. The zero-order chi connectivity index (χ0) is 46.4. The Morgan fingerprint density at radius 3 is 1.36 bits per heavy atom. The van der Waals surface area contributed by atoms with Crippen molar-refractivity contribution in [3.8, 4) is 17.2 Å². The van der Waals surface area contributed by atoms with Gasteiger partial charge in [-0.25, -0.2) is 3.63 Å².